The Bertz CT molecular complexity index is 389. The number of aryl methyl sites for hydroxylation is 1. The van der Waals surface area contributed by atoms with Crippen LogP contribution >= 0.6 is 0 Å². The van der Waals surface area contributed by atoms with Gasteiger partial charge in [0.1, 0.15) is 11.6 Å². The summed E-state index contributed by atoms with van der Waals surface area (Å²) in [6.45, 7) is 4.32. The van der Waals surface area contributed by atoms with Crippen LogP contribution in [0.4, 0.5) is 5.82 Å². The second-order valence-electron chi connectivity index (χ2n) is 5.22. The normalized spacial score (nSPS) is 21.5. The van der Waals surface area contributed by atoms with Gasteiger partial charge in [-0.2, -0.15) is 0 Å². The van der Waals surface area contributed by atoms with E-state index >= 15 is 0 Å². The number of aromatic nitrogens is 2. The second-order valence-corrected chi connectivity index (χ2v) is 5.22. The molecule has 0 unspecified atom stereocenters. The number of piperidine rings is 1. The first-order chi connectivity index (χ1) is 8.06. The van der Waals surface area contributed by atoms with Gasteiger partial charge in [0.25, 0.3) is 0 Å². The molecule has 0 bridgehead atoms. The molecule has 0 N–H and O–H groups in total. The fraction of sp³-hybridized carbons (Fsp3) is 0.692. The van der Waals surface area contributed by atoms with E-state index < -0.39 is 0 Å². The lowest BCUT2D eigenvalue weighted by Gasteiger charge is -2.29. The molecule has 17 heavy (non-hydrogen) atoms. The third kappa shape index (κ3) is 2.94. The second kappa shape index (κ2) is 5.00. The van der Waals surface area contributed by atoms with Gasteiger partial charge in [0.05, 0.1) is 0 Å². The van der Waals surface area contributed by atoms with Gasteiger partial charge in [0.15, 0.2) is 0 Å². The van der Waals surface area contributed by atoms with Crippen molar-refractivity contribution in [3.8, 4) is 0 Å². The molecule has 0 saturated carbocycles. The van der Waals surface area contributed by atoms with Gasteiger partial charge in [-0.05, 0) is 33.4 Å². The Morgan fingerprint density at radius 2 is 2.12 bits per heavy atom. The average molecular weight is 234 g/mol. The molecule has 1 aromatic heterocycles. The standard InChI is InChI=1S/C13H22N4/c1-10-8-12(16(2)3)15-13(14-10)11-6-5-7-17(4)9-11/h8,11H,5-7,9H2,1-4H3/t11-/m0/s1. The molecular formula is C13H22N4. The van der Waals surface area contributed by atoms with Gasteiger partial charge in [-0.1, -0.05) is 0 Å². The fourth-order valence-corrected chi connectivity index (χ4v) is 2.36. The van der Waals surface area contributed by atoms with Crippen molar-refractivity contribution in [1.82, 2.24) is 14.9 Å². The van der Waals surface area contributed by atoms with Crippen LogP contribution in [-0.4, -0.2) is 49.1 Å². The third-order valence-electron chi connectivity index (χ3n) is 3.31. The van der Waals surface area contributed by atoms with Crippen molar-refractivity contribution < 1.29 is 0 Å². The summed E-state index contributed by atoms with van der Waals surface area (Å²) in [7, 11) is 6.23. The highest BCUT2D eigenvalue weighted by Crippen LogP contribution is 2.25. The smallest absolute Gasteiger partial charge is 0.135 e. The number of likely N-dealkylation sites (tertiary alicyclic amines) is 1. The van der Waals surface area contributed by atoms with E-state index in [1.165, 1.54) is 19.4 Å². The summed E-state index contributed by atoms with van der Waals surface area (Å²) in [5.74, 6) is 2.52. The van der Waals surface area contributed by atoms with Gasteiger partial charge in [-0.25, -0.2) is 9.97 Å². The molecule has 0 spiro atoms. The van der Waals surface area contributed by atoms with E-state index in [0.717, 1.165) is 23.9 Å². The summed E-state index contributed by atoms with van der Waals surface area (Å²) in [5, 5.41) is 0. The van der Waals surface area contributed by atoms with Crippen molar-refractivity contribution in [1.29, 1.82) is 0 Å². The molecule has 1 saturated heterocycles. The molecule has 1 aliphatic rings. The van der Waals surface area contributed by atoms with E-state index in [4.69, 9.17) is 0 Å². The first-order valence-corrected chi connectivity index (χ1v) is 6.27. The van der Waals surface area contributed by atoms with Crippen molar-refractivity contribution in [3.05, 3.63) is 17.6 Å². The van der Waals surface area contributed by atoms with Gasteiger partial charge in [-0.15, -0.1) is 0 Å². The zero-order valence-corrected chi connectivity index (χ0v) is 11.3. The summed E-state index contributed by atoms with van der Waals surface area (Å²) in [6, 6.07) is 2.04. The van der Waals surface area contributed by atoms with Crippen LogP contribution in [-0.2, 0) is 0 Å². The predicted molar refractivity (Wildman–Crippen MR) is 70.6 cm³/mol. The number of hydrogen-bond acceptors (Lipinski definition) is 4. The number of hydrogen-bond donors (Lipinski definition) is 0. The molecule has 2 heterocycles. The number of likely N-dealkylation sites (N-methyl/N-ethyl adjacent to an activating group) is 1. The van der Waals surface area contributed by atoms with E-state index in [-0.39, 0.29) is 0 Å². The zero-order valence-electron chi connectivity index (χ0n) is 11.3. The van der Waals surface area contributed by atoms with Gasteiger partial charge in [0, 0.05) is 38.3 Å². The van der Waals surface area contributed by atoms with E-state index in [0.29, 0.717) is 5.92 Å². The van der Waals surface area contributed by atoms with Crippen LogP contribution in [0.15, 0.2) is 6.07 Å². The molecule has 0 aromatic carbocycles. The quantitative estimate of drug-likeness (QED) is 0.779. The van der Waals surface area contributed by atoms with Crippen LogP contribution in [0.2, 0.25) is 0 Å². The largest absolute Gasteiger partial charge is 0.363 e. The van der Waals surface area contributed by atoms with Crippen LogP contribution in [0.1, 0.15) is 30.3 Å². The zero-order chi connectivity index (χ0) is 12.4. The van der Waals surface area contributed by atoms with Crippen molar-refractivity contribution in [2.45, 2.75) is 25.7 Å². The van der Waals surface area contributed by atoms with E-state index in [9.17, 15) is 0 Å². The molecule has 1 aromatic rings. The molecular weight excluding hydrogens is 212 g/mol. The molecule has 94 valence electrons. The molecule has 0 amide bonds. The summed E-state index contributed by atoms with van der Waals surface area (Å²) < 4.78 is 0. The van der Waals surface area contributed by atoms with Crippen LogP contribution in [0.25, 0.3) is 0 Å². The molecule has 1 atom stereocenters. The highest BCUT2D eigenvalue weighted by Gasteiger charge is 2.22. The fourth-order valence-electron chi connectivity index (χ4n) is 2.36. The molecule has 4 nitrogen and oxygen atoms in total. The van der Waals surface area contributed by atoms with Crippen LogP contribution in [0.5, 0.6) is 0 Å². The summed E-state index contributed by atoms with van der Waals surface area (Å²) in [4.78, 5) is 13.7. The Labute approximate surface area is 104 Å². The maximum atomic E-state index is 4.68. The Balaban J connectivity index is 2.25. The lowest BCUT2D eigenvalue weighted by molar-refractivity contribution is 0.245. The predicted octanol–water partition coefficient (Wildman–Crippen LogP) is 1.66. The van der Waals surface area contributed by atoms with E-state index in [1.54, 1.807) is 0 Å². The van der Waals surface area contributed by atoms with Crippen LogP contribution in [0.3, 0.4) is 0 Å². The molecule has 2 rings (SSSR count). The summed E-state index contributed by atoms with van der Waals surface area (Å²) in [6.07, 6.45) is 2.45. The van der Waals surface area contributed by atoms with Crippen LogP contribution in [0, 0.1) is 6.92 Å². The number of anilines is 1. The van der Waals surface area contributed by atoms with Gasteiger partial charge in [0.2, 0.25) is 0 Å². The lowest BCUT2D eigenvalue weighted by Crippen LogP contribution is -2.32. The van der Waals surface area contributed by atoms with E-state index in [1.807, 2.05) is 32.0 Å². The van der Waals surface area contributed by atoms with Gasteiger partial charge in [-0.3, -0.25) is 0 Å². The third-order valence-corrected chi connectivity index (χ3v) is 3.31. The molecule has 0 aliphatic carbocycles. The minimum absolute atomic E-state index is 0.493. The minimum Gasteiger partial charge on any atom is -0.363 e. The Morgan fingerprint density at radius 3 is 2.76 bits per heavy atom. The Kier molecular flexibility index (Phi) is 3.62. The summed E-state index contributed by atoms with van der Waals surface area (Å²) in [5.41, 5.74) is 1.06. The summed E-state index contributed by atoms with van der Waals surface area (Å²) >= 11 is 0. The minimum atomic E-state index is 0.493. The highest BCUT2D eigenvalue weighted by atomic mass is 15.2. The SMILES string of the molecule is Cc1cc(N(C)C)nc([C@H]2CCCN(C)C2)n1. The van der Waals surface area contributed by atoms with Crippen molar-refractivity contribution in [2.24, 2.45) is 0 Å². The first-order valence-electron chi connectivity index (χ1n) is 6.27. The van der Waals surface area contributed by atoms with Gasteiger partial charge >= 0.3 is 0 Å². The molecule has 1 fully saturated rings. The highest BCUT2D eigenvalue weighted by molar-refractivity contribution is 5.38. The van der Waals surface area contributed by atoms with Crippen LogP contribution < -0.4 is 4.90 Å². The maximum Gasteiger partial charge on any atom is 0.135 e. The van der Waals surface area contributed by atoms with E-state index in [2.05, 4.69) is 21.9 Å². The van der Waals surface area contributed by atoms with Crippen molar-refractivity contribution in [2.75, 3.05) is 39.1 Å². The Hall–Kier alpha value is -1.16. The van der Waals surface area contributed by atoms with Crippen molar-refractivity contribution >= 4 is 5.82 Å². The molecule has 0 radical (unpaired) electrons. The number of nitrogens with zero attached hydrogens (tertiary/aromatic N) is 4. The molecule has 1 aliphatic heterocycles. The monoisotopic (exact) mass is 234 g/mol. The average Bonchev–Trinajstić information content (AvgIpc) is 2.28. The van der Waals surface area contributed by atoms with Gasteiger partial charge < -0.3 is 9.80 Å². The number of rotatable bonds is 2. The lowest BCUT2D eigenvalue weighted by atomic mass is 9.97. The Morgan fingerprint density at radius 1 is 1.35 bits per heavy atom. The topological polar surface area (TPSA) is 32.3 Å². The first kappa shape index (κ1) is 12.3. The maximum absolute atomic E-state index is 4.68. The molecule has 4 heteroatoms. The van der Waals surface area contributed by atoms with Crippen molar-refractivity contribution in [3.63, 3.8) is 0 Å².